The number of aromatic amines is 1. The van der Waals surface area contributed by atoms with Gasteiger partial charge in [0.15, 0.2) is 0 Å². The van der Waals surface area contributed by atoms with Gasteiger partial charge in [-0.2, -0.15) is 26.3 Å². The Hall–Kier alpha value is -5.35. The summed E-state index contributed by atoms with van der Waals surface area (Å²) in [5, 5.41) is 34.3. The first kappa shape index (κ1) is 33.7. The van der Waals surface area contributed by atoms with E-state index in [1.54, 1.807) is 48.9 Å². The standard InChI is InChI=1S/C20H19N5O2.2C2HF3O2/c21-19(22)16-7-8-18(26)15(10-16)2-1-9-24-20(27)14-5-3-13(4-6-14)17-11-23-12-25-17;2*3-2(4,5)1(6)7/h1-8,10-12,26H,9H2,(H3,21,22)(H,23,25)(H,24,27);2*(H,6,7)/b2-1+;;. The van der Waals surface area contributed by atoms with Crippen LogP contribution in [0, 0.1) is 5.41 Å². The molecule has 1 heterocycles. The number of amidine groups is 1. The van der Waals surface area contributed by atoms with E-state index in [-0.39, 0.29) is 17.5 Å². The summed E-state index contributed by atoms with van der Waals surface area (Å²) in [6.07, 6.45) is -3.46. The minimum absolute atomic E-state index is 0.0727. The zero-order valence-electron chi connectivity index (χ0n) is 20.4. The Morgan fingerprint density at radius 3 is 1.90 bits per heavy atom. The van der Waals surface area contributed by atoms with Gasteiger partial charge in [0, 0.05) is 23.2 Å². The number of carboxylic acid groups (broad SMARTS) is 2. The Kier molecular flexibility index (Phi) is 12.1. The van der Waals surface area contributed by atoms with Crippen LogP contribution in [0.5, 0.6) is 5.75 Å². The number of nitrogens with one attached hydrogen (secondary N) is 3. The van der Waals surface area contributed by atoms with Gasteiger partial charge in [-0.25, -0.2) is 14.6 Å². The number of nitrogens with zero attached hydrogens (tertiary/aromatic N) is 1. The SMILES string of the molecule is N=C(N)c1ccc(O)c(/C=C/CNC(=O)c2ccc(-c3cnc[nH]3)cc2)c1.O=C(O)C(F)(F)F.O=C(O)C(F)(F)F. The molecule has 1 amide bonds. The minimum atomic E-state index is -5.08. The van der Waals surface area contributed by atoms with Gasteiger partial charge in [-0.1, -0.05) is 24.3 Å². The van der Waals surface area contributed by atoms with Gasteiger partial charge in [0.05, 0.1) is 18.2 Å². The quantitative estimate of drug-likeness (QED) is 0.128. The first-order valence-corrected chi connectivity index (χ1v) is 10.7. The third-order valence-electron chi connectivity index (χ3n) is 4.46. The lowest BCUT2D eigenvalue weighted by Gasteiger charge is -2.05. The predicted octanol–water partition coefficient (Wildman–Crippen LogP) is 3.78. The highest BCUT2D eigenvalue weighted by molar-refractivity contribution is 5.96. The number of halogens is 6. The lowest BCUT2D eigenvalue weighted by atomic mass is 10.1. The number of aromatic hydroxyl groups is 1. The van der Waals surface area contributed by atoms with Gasteiger partial charge >= 0.3 is 24.3 Å². The van der Waals surface area contributed by atoms with Crippen molar-refractivity contribution in [2.75, 3.05) is 6.54 Å². The van der Waals surface area contributed by atoms with Crippen molar-refractivity contribution in [2.45, 2.75) is 12.4 Å². The average molecular weight is 589 g/mol. The second kappa shape index (κ2) is 14.7. The molecule has 0 unspecified atom stereocenters. The molecule has 0 aliphatic heterocycles. The molecule has 8 N–H and O–H groups in total. The molecule has 1 aromatic heterocycles. The van der Waals surface area contributed by atoms with Crippen molar-refractivity contribution in [3.05, 3.63) is 77.8 Å². The van der Waals surface area contributed by atoms with E-state index in [0.717, 1.165) is 11.3 Å². The molecule has 0 radical (unpaired) electrons. The van der Waals surface area contributed by atoms with Crippen LogP contribution in [0.15, 0.2) is 61.1 Å². The fourth-order valence-corrected chi connectivity index (χ4v) is 2.51. The van der Waals surface area contributed by atoms with Crippen LogP contribution in [-0.2, 0) is 9.59 Å². The molecule has 0 aliphatic carbocycles. The summed E-state index contributed by atoms with van der Waals surface area (Å²) < 4.78 is 63.5. The molecular weight excluding hydrogens is 568 g/mol. The maximum atomic E-state index is 12.2. The van der Waals surface area contributed by atoms with E-state index < -0.39 is 24.3 Å². The van der Waals surface area contributed by atoms with Crippen molar-refractivity contribution in [1.29, 1.82) is 5.41 Å². The zero-order chi connectivity index (χ0) is 31.4. The third-order valence-corrected chi connectivity index (χ3v) is 4.46. The number of nitrogens with two attached hydrogens (primary N) is 1. The first-order valence-electron chi connectivity index (χ1n) is 10.7. The fourth-order valence-electron chi connectivity index (χ4n) is 2.51. The Morgan fingerprint density at radius 1 is 0.951 bits per heavy atom. The zero-order valence-corrected chi connectivity index (χ0v) is 20.4. The number of aliphatic carboxylic acids is 2. The Labute approximate surface area is 226 Å². The summed E-state index contributed by atoms with van der Waals surface area (Å²) in [7, 11) is 0. The molecule has 0 bridgehead atoms. The van der Waals surface area contributed by atoms with Crippen LogP contribution in [0.2, 0.25) is 0 Å². The van der Waals surface area contributed by atoms with Crippen LogP contribution in [-0.4, -0.2) is 67.9 Å². The van der Waals surface area contributed by atoms with Gasteiger partial charge < -0.3 is 31.4 Å². The van der Waals surface area contributed by atoms with Crippen molar-refractivity contribution >= 4 is 29.8 Å². The number of amides is 1. The number of alkyl halides is 6. The Morgan fingerprint density at radius 2 is 1.46 bits per heavy atom. The second-order valence-corrected chi connectivity index (χ2v) is 7.45. The molecule has 0 spiro atoms. The predicted molar refractivity (Wildman–Crippen MR) is 132 cm³/mol. The Balaban J connectivity index is 0.000000497. The van der Waals surface area contributed by atoms with E-state index in [9.17, 15) is 36.2 Å². The van der Waals surface area contributed by atoms with Crippen LogP contribution in [0.1, 0.15) is 21.5 Å². The monoisotopic (exact) mass is 589 g/mol. The largest absolute Gasteiger partial charge is 0.507 e. The third kappa shape index (κ3) is 11.9. The molecule has 3 aromatic rings. The van der Waals surface area contributed by atoms with E-state index in [2.05, 4.69) is 15.3 Å². The number of H-pyrrole nitrogens is 1. The van der Waals surface area contributed by atoms with Crippen molar-refractivity contribution < 1.29 is 56.0 Å². The highest BCUT2D eigenvalue weighted by atomic mass is 19.4. The lowest BCUT2D eigenvalue weighted by Crippen LogP contribution is -2.23. The molecule has 0 atom stereocenters. The number of aromatic nitrogens is 2. The summed E-state index contributed by atoms with van der Waals surface area (Å²) in [5.41, 5.74) is 8.88. The number of carbonyl (C=O) groups is 3. The van der Waals surface area contributed by atoms with Crippen LogP contribution in [0.4, 0.5) is 26.3 Å². The average Bonchev–Trinajstić information content (AvgIpc) is 3.42. The van der Waals surface area contributed by atoms with E-state index in [1.165, 1.54) is 6.07 Å². The first-order chi connectivity index (χ1) is 18.9. The van der Waals surface area contributed by atoms with Crippen LogP contribution in [0.25, 0.3) is 17.3 Å². The minimum Gasteiger partial charge on any atom is -0.507 e. The molecule has 11 nitrogen and oxygen atoms in total. The number of hydrogen-bond acceptors (Lipinski definition) is 6. The Bertz CT molecular complexity index is 1350. The molecule has 220 valence electrons. The van der Waals surface area contributed by atoms with Crippen LogP contribution < -0.4 is 11.1 Å². The number of phenols is 1. The molecule has 0 saturated carbocycles. The number of imidazole rings is 1. The lowest BCUT2D eigenvalue weighted by molar-refractivity contribution is -0.193. The van der Waals surface area contributed by atoms with E-state index in [4.69, 9.17) is 30.9 Å². The van der Waals surface area contributed by atoms with Gasteiger partial charge in [-0.05, 0) is 35.9 Å². The highest BCUT2D eigenvalue weighted by Crippen LogP contribution is 2.20. The topological polar surface area (TPSA) is 202 Å². The summed E-state index contributed by atoms with van der Waals surface area (Å²) >= 11 is 0. The van der Waals surface area contributed by atoms with E-state index in [0.29, 0.717) is 23.2 Å². The molecule has 0 aliphatic rings. The van der Waals surface area contributed by atoms with Crippen molar-refractivity contribution in [2.24, 2.45) is 5.73 Å². The molecule has 41 heavy (non-hydrogen) atoms. The van der Waals surface area contributed by atoms with Crippen molar-refractivity contribution in [1.82, 2.24) is 15.3 Å². The molecule has 0 fully saturated rings. The normalized spacial score (nSPS) is 11.0. The highest BCUT2D eigenvalue weighted by Gasteiger charge is 2.38. The van der Waals surface area contributed by atoms with Gasteiger partial charge in [0.2, 0.25) is 0 Å². The van der Waals surface area contributed by atoms with Gasteiger partial charge in [-0.15, -0.1) is 0 Å². The molecular formula is C24H21F6N5O6. The maximum absolute atomic E-state index is 12.2. The number of hydrogen-bond donors (Lipinski definition) is 7. The van der Waals surface area contributed by atoms with E-state index >= 15 is 0 Å². The van der Waals surface area contributed by atoms with Crippen LogP contribution >= 0.6 is 0 Å². The fraction of sp³-hybridized carbons (Fsp3) is 0.125. The second-order valence-electron chi connectivity index (χ2n) is 7.45. The molecule has 0 saturated heterocycles. The number of phenolic OH excluding ortho intramolecular Hbond substituents is 1. The summed E-state index contributed by atoms with van der Waals surface area (Å²) in [5.74, 6) is -5.70. The van der Waals surface area contributed by atoms with Crippen LogP contribution in [0.3, 0.4) is 0 Å². The summed E-state index contributed by atoms with van der Waals surface area (Å²) in [6.45, 7) is 0.297. The molecule has 3 rings (SSSR count). The number of benzene rings is 2. The summed E-state index contributed by atoms with van der Waals surface area (Å²) in [4.78, 5) is 37.0. The molecule has 2 aromatic carbocycles. The smallest absolute Gasteiger partial charge is 0.490 e. The summed E-state index contributed by atoms with van der Waals surface area (Å²) in [6, 6.07) is 11.9. The number of rotatable bonds is 6. The number of carbonyl (C=O) groups excluding carboxylic acids is 1. The van der Waals surface area contributed by atoms with Gasteiger partial charge in [-0.3, -0.25) is 10.2 Å². The molecule has 17 heteroatoms. The van der Waals surface area contributed by atoms with Crippen molar-refractivity contribution in [3.63, 3.8) is 0 Å². The van der Waals surface area contributed by atoms with Gasteiger partial charge in [0.1, 0.15) is 11.6 Å². The van der Waals surface area contributed by atoms with Gasteiger partial charge in [0.25, 0.3) is 5.91 Å². The number of nitrogen functional groups attached to an aromatic ring is 1. The maximum Gasteiger partial charge on any atom is 0.490 e. The number of carboxylic acids is 2. The van der Waals surface area contributed by atoms with E-state index in [1.807, 2.05) is 12.1 Å². The van der Waals surface area contributed by atoms with Crippen molar-refractivity contribution in [3.8, 4) is 17.0 Å².